The predicted molar refractivity (Wildman–Crippen MR) is 291 cm³/mol. The Labute approximate surface area is 467 Å². The van der Waals surface area contributed by atoms with E-state index in [1.165, 1.54) is 23.8 Å². The van der Waals surface area contributed by atoms with Gasteiger partial charge in [0.2, 0.25) is 29.5 Å². The van der Waals surface area contributed by atoms with Crippen LogP contribution in [0.25, 0.3) is 0 Å². The van der Waals surface area contributed by atoms with Crippen molar-refractivity contribution in [2.45, 2.75) is 141 Å². The van der Waals surface area contributed by atoms with E-state index in [9.17, 15) is 43.5 Å². The van der Waals surface area contributed by atoms with Crippen molar-refractivity contribution in [2.24, 2.45) is 11.8 Å². The van der Waals surface area contributed by atoms with Crippen LogP contribution in [0.5, 0.6) is 0 Å². The molecule has 0 saturated carbocycles. The van der Waals surface area contributed by atoms with Crippen LogP contribution in [0.4, 0.5) is 10.5 Å². The van der Waals surface area contributed by atoms with Gasteiger partial charge in [-0.15, -0.1) is 11.8 Å². The van der Waals surface area contributed by atoms with E-state index >= 15 is 0 Å². The average Bonchev–Trinajstić information content (AvgIpc) is 4.02. The van der Waals surface area contributed by atoms with Gasteiger partial charge < -0.3 is 53.4 Å². The summed E-state index contributed by atoms with van der Waals surface area (Å²) in [6.45, 7) is 15.4. The Morgan fingerprint density at radius 2 is 1.60 bits per heavy atom. The molecule has 3 fully saturated rings. The minimum Gasteiger partial charge on any atom is -0.457 e. The van der Waals surface area contributed by atoms with Gasteiger partial charge in [0.05, 0.1) is 81.3 Å². The minimum atomic E-state index is -1.66. The second-order valence-corrected chi connectivity index (χ2v) is 22.2. The number of imide groups is 1. The number of hydrogen-bond donors (Lipinski definition) is 3. The van der Waals surface area contributed by atoms with Gasteiger partial charge in [-0.05, 0) is 51.3 Å². The van der Waals surface area contributed by atoms with E-state index in [-0.39, 0.29) is 69.2 Å². The number of ketones is 1. The van der Waals surface area contributed by atoms with Crippen molar-refractivity contribution in [1.82, 2.24) is 20.4 Å². The molecule has 3 saturated heterocycles. The van der Waals surface area contributed by atoms with Crippen molar-refractivity contribution in [1.29, 1.82) is 0 Å². The van der Waals surface area contributed by atoms with Gasteiger partial charge in [-0.1, -0.05) is 62.2 Å². The van der Waals surface area contributed by atoms with Crippen LogP contribution in [-0.4, -0.2) is 189 Å². The molecule has 4 bridgehead atoms. The zero-order valence-corrected chi connectivity index (χ0v) is 48.1. The number of nitrogens with one attached hydrogen (secondary N) is 2. The van der Waals surface area contributed by atoms with E-state index in [0.717, 1.165) is 33.4 Å². The molecule has 23 heteroatoms. The summed E-state index contributed by atoms with van der Waals surface area (Å²) in [7, 11) is 3.03. The number of Topliss-reactive ketones (excluding diaryl/α,β-unsaturated/α-hetero) is 1. The topological polar surface area (TPSA) is 258 Å². The summed E-state index contributed by atoms with van der Waals surface area (Å²) in [6, 6.07) is 2.65. The van der Waals surface area contributed by atoms with E-state index in [2.05, 4.69) is 10.6 Å². The lowest BCUT2D eigenvalue weighted by Gasteiger charge is -2.41. The normalized spacial score (nSPS) is 27.0. The quantitative estimate of drug-likeness (QED) is 0.0495. The number of aryl methyl sites for hydroxylation is 1. The number of halogens is 1. The SMILES string of the molecule is CCC(=O)CCOCCOCCOCCOCCNC(=O)CCN1C(=O)CC(SCCC(=O)N(C)C(C)C(=O)OC2CC(=O)N(C)c3cc(cc(C)c3Cl)C/C(C)=C/C=C/C(C)C3(O)CC(OC(=O)N3)C(C)C3OC23C)C1=O. The fourth-order valence-corrected chi connectivity index (χ4v) is 10.7. The fourth-order valence-electron chi connectivity index (χ4n) is 9.33. The lowest BCUT2D eigenvalue weighted by molar-refractivity contribution is -0.162. The van der Waals surface area contributed by atoms with Gasteiger partial charge in [0.1, 0.15) is 35.4 Å². The van der Waals surface area contributed by atoms with Crippen LogP contribution in [-0.2, 0) is 73.1 Å². The molecule has 0 aromatic heterocycles. The molecule has 434 valence electrons. The highest BCUT2D eigenvalue weighted by atomic mass is 35.5. The predicted octanol–water partition coefficient (Wildman–Crippen LogP) is 4.63. The maximum atomic E-state index is 14.3. The lowest BCUT2D eigenvalue weighted by atomic mass is 9.82. The van der Waals surface area contributed by atoms with Crippen LogP contribution >= 0.6 is 23.4 Å². The average molecular weight is 1130 g/mol. The van der Waals surface area contributed by atoms with Crippen molar-refractivity contribution in [3.8, 4) is 0 Å². The molecule has 1 aromatic carbocycles. The summed E-state index contributed by atoms with van der Waals surface area (Å²) in [5.74, 6) is -3.66. The molecule has 21 nitrogen and oxygen atoms in total. The maximum Gasteiger partial charge on any atom is 0.409 e. The zero-order valence-electron chi connectivity index (χ0n) is 46.6. The van der Waals surface area contributed by atoms with E-state index < -0.39 is 88.5 Å². The summed E-state index contributed by atoms with van der Waals surface area (Å²) in [4.78, 5) is 108. The number of fused-ring (bicyclic) bond motifs is 5. The third-order valence-corrected chi connectivity index (χ3v) is 16.4. The molecule has 4 aliphatic heterocycles. The Kier molecular flexibility index (Phi) is 24.6. The number of rotatable bonds is 26. The Morgan fingerprint density at radius 3 is 2.27 bits per heavy atom. The number of allylic oxidation sites excluding steroid dienone is 3. The number of hydrogen-bond acceptors (Lipinski definition) is 17. The summed E-state index contributed by atoms with van der Waals surface area (Å²) in [5, 5.41) is 16.7. The van der Waals surface area contributed by atoms with Crippen LogP contribution in [0.1, 0.15) is 97.6 Å². The molecule has 0 spiro atoms. The molecule has 78 heavy (non-hydrogen) atoms. The Morgan fingerprint density at radius 1 is 0.949 bits per heavy atom. The Hall–Kier alpha value is -4.94. The molecule has 0 radical (unpaired) electrons. The fraction of sp³-hybridized carbons (Fsp3) is 0.673. The first kappa shape index (κ1) is 63.9. The third kappa shape index (κ3) is 18.0. The molecular formula is C55H80ClN5O16S. The molecule has 0 aliphatic carbocycles. The number of anilines is 1. The second kappa shape index (κ2) is 30.0. The number of alkyl carbamates (subject to hydrolysis) is 1. The molecule has 3 N–H and O–H groups in total. The number of thioether (sulfide) groups is 1. The standard InChI is InChI=1S/C55H80ClN5O16S/c1-10-40(62)15-19-71-21-23-73-25-26-74-24-22-72-20-17-57-45(63)14-18-61-48(66)31-43(51(61)67)78-27-16-46(64)59(8)38(6)52(68)76-44-32-47(65)60(9)41-30-39(29-35(3)49(41)56)28-34(2)12-11-13-36(4)55(70)33-42(75-53(69)58-55)37(5)50-54(44,7)77-50/h11-13,29-30,36-38,42-44,50,70H,10,14-28,31-33H2,1-9H3,(H,57,63)(H,58,69)/b13-11+,34-12+. The first-order valence-corrected chi connectivity index (χ1v) is 28.2. The first-order valence-electron chi connectivity index (χ1n) is 26.8. The van der Waals surface area contributed by atoms with Gasteiger partial charge in [-0.2, -0.15) is 0 Å². The molecule has 9 atom stereocenters. The Bertz CT molecular complexity index is 2370. The van der Waals surface area contributed by atoms with Crippen LogP contribution in [0, 0.1) is 18.8 Å². The summed E-state index contributed by atoms with van der Waals surface area (Å²) < 4.78 is 39.9. The first-order chi connectivity index (χ1) is 37.0. The smallest absolute Gasteiger partial charge is 0.409 e. The van der Waals surface area contributed by atoms with Crippen molar-refractivity contribution < 1.29 is 76.6 Å². The van der Waals surface area contributed by atoms with Crippen molar-refractivity contribution in [3.63, 3.8) is 0 Å². The van der Waals surface area contributed by atoms with Gasteiger partial charge in [0, 0.05) is 83.3 Å². The number of esters is 1. The number of likely N-dealkylation sites (tertiary alicyclic amines) is 1. The monoisotopic (exact) mass is 1130 g/mol. The molecule has 6 amide bonds. The zero-order chi connectivity index (χ0) is 57.3. The van der Waals surface area contributed by atoms with Crippen LogP contribution < -0.4 is 15.5 Å². The number of ether oxygens (including phenoxy) is 7. The molecule has 1 aromatic rings. The summed E-state index contributed by atoms with van der Waals surface area (Å²) in [6.07, 6.45) is 2.90. The number of aliphatic hydroxyl groups is 1. The van der Waals surface area contributed by atoms with Crippen molar-refractivity contribution in [3.05, 3.63) is 52.1 Å². The summed E-state index contributed by atoms with van der Waals surface area (Å²) in [5.41, 5.74) is 0.168. The number of epoxide rings is 1. The lowest BCUT2D eigenvalue weighted by Crippen LogP contribution is -2.60. The Balaban J connectivity index is 1.09. The molecule has 5 rings (SSSR count). The molecule has 4 heterocycles. The largest absolute Gasteiger partial charge is 0.457 e. The minimum absolute atomic E-state index is 0.0172. The number of likely N-dealkylation sites (N-methyl/N-ethyl adjacent to an activating group) is 1. The highest BCUT2D eigenvalue weighted by Gasteiger charge is 2.64. The molecule has 4 aliphatic rings. The van der Waals surface area contributed by atoms with Gasteiger partial charge in [0.15, 0.2) is 0 Å². The second-order valence-electron chi connectivity index (χ2n) is 20.5. The van der Waals surface area contributed by atoms with Crippen LogP contribution in [0.3, 0.4) is 0 Å². The van der Waals surface area contributed by atoms with E-state index in [0.29, 0.717) is 76.2 Å². The van der Waals surface area contributed by atoms with E-state index in [1.54, 1.807) is 27.8 Å². The number of nitrogens with zero attached hydrogens (tertiary/aromatic N) is 3. The number of benzene rings is 1. The van der Waals surface area contributed by atoms with E-state index in [4.69, 9.17) is 44.8 Å². The van der Waals surface area contributed by atoms with Crippen LogP contribution in [0.15, 0.2) is 35.9 Å². The molecule has 9 unspecified atom stereocenters. The van der Waals surface area contributed by atoms with Gasteiger partial charge in [-0.25, -0.2) is 9.59 Å². The maximum absolute atomic E-state index is 14.3. The van der Waals surface area contributed by atoms with E-state index in [1.807, 2.05) is 51.1 Å². The molecular weight excluding hydrogens is 1050 g/mol. The highest BCUT2D eigenvalue weighted by molar-refractivity contribution is 8.00. The third-order valence-electron chi connectivity index (χ3n) is 14.7. The summed E-state index contributed by atoms with van der Waals surface area (Å²) >= 11 is 7.96. The highest BCUT2D eigenvalue weighted by Crippen LogP contribution is 2.49. The number of carbonyl (C=O) groups excluding carboxylic acids is 8. The van der Waals surface area contributed by atoms with Gasteiger partial charge in [0.25, 0.3) is 0 Å². The van der Waals surface area contributed by atoms with Gasteiger partial charge >= 0.3 is 12.1 Å². The number of carbonyl (C=O) groups is 8. The van der Waals surface area contributed by atoms with Crippen LogP contribution in [0.2, 0.25) is 5.02 Å². The number of amides is 6. The van der Waals surface area contributed by atoms with Crippen molar-refractivity contribution >= 4 is 76.4 Å². The van der Waals surface area contributed by atoms with Crippen molar-refractivity contribution in [2.75, 3.05) is 90.7 Å². The van der Waals surface area contributed by atoms with Gasteiger partial charge in [-0.3, -0.25) is 39.0 Å².